The number of aromatic hydroxyl groups is 1. The molecule has 0 atom stereocenters. The molecule has 104 valence electrons. The highest BCUT2D eigenvalue weighted by atomic mass is 35.5. The van der Waals surface area contributed by atoms with E-state index in [1.165, 1.54) is 0 Å². The van der Waals surface area contributed by atoms with Gasteiger partial charge in [-0.3, -0.25) is 4.79 Å². The Morgan fingerprint density at radius 1 is 1.10 bits per heavy atom. The Kier molecular flexibility index (Phi) is 4.11. The molecule has 2 aromatic rings. The largest absolute Gasteiger partial charge is 0.507 e. The Balaban J connectivity index is 2.30. The van der Waals surface area contributed by atoms with Crippen molar-refractivity contribution in [3.05, 3.63) is 57.6 Å². The summed E-state index contributed by atoms with van der Waals surface area (Å²) in [6.07, 6.45) is 0. The number of hydrogen-bond acceptors (Lipinski definition) is 2. The molecular formula is C13H7Cl2F2NO2. The summed E-state index contributed by atoms with van der Waals surface area (Å²) in [5, 5.41) is 11.3. The van der Waals surface area contributed by atoms with Crippen molar-refractivity contribution >= 4 is 34.8 Å². The zero-order chi connectivity index (χ0) is 14.9. The van der Waals surface area contributed by atoms with Crippen LogP contribution in [0.15, 0.2) is 30.3 Å². The van der Waals surface area contributed by atoms with Crippen molar-refractivity contribution < 1.29 is 18.7 Å². The van der Waals surface area contributed by atoms with Gasteiger partial charge in [0.25, 0.3) is 5.91 Å². The third kappa shape index (κ3) is 3.00. The predicted octanol–water partition coefficient (Wildman–Crippen LogP) is 4.23. The van der Waals surface area contributed by atoms with Crippen LogP contribution in [0.5, 0.6) is 5.75 Å². The van der Waals surface area contributed by atoms with Crippen molar-refractivity contribution in [2.75, 3.05) is 5.32 Å². The monoisotopic (exact) mass is 317 g/mol. The van der Waals surface area contributed by atoms with Crippen LogP contribution in [0.2, 0.25) is 10.0 Å². The Bertz CT molecular complexity index is 669. The van der Waals surface area contributed by atoms with Gasteiger partial charge in [-0.15, -0.1) is 0 Å². The smallest absolute Gasteiger partial charge is 0.259 e. The first-order valence-electron chi connectivity index (χ1n) is 5.33. The second-order valence-electron chi connectivity index (χ2n) is 3.87. The molecule has 0 aliphatic heterocycles. The summed E-state index contributed by atoms with van der Waals surface area (Å²) in [7, 11) is 0. The van der Waals surface area contributed by atoms with E-state index in [0.717, 1.165) is 30.3 Å². The van der Waals surface area contributed by atoms with Gasteiger partial charge in [0.15, 0.2) is 5.82 Å². The lowest BCUT2D eigenvalue weighted by molar-refractivity contribution is 0.102. The molecule has 2 rings (SSSR count). The van der Waals surface area contributed by atoms with Gasteiger partial charge in [-0.05, 0) is 30.3 Å². The minimum Gasteiger partial charge on any atom is -0.507 e. The highest BCUT2D eigenvalue weighted by Gasteiger charge is 2.14. The maximum Gasteiger partial charge on any atom is 0.259 e. The third-order valence-electron chi connectivity index (χ3n) is 2.44. The average molecular weight is 318 g/mol. The van der Waals surface area contributed by atoms with Crippen LogP contribution in [0.1, 0.15) is 10.4 Å². The lowest BCUT2D eigenvalue weighted by atomic mass is 10.1. The molecule has 2 aromatic carbocycles. The highest BCUT2D eigenvalue weighted by molar-refractivity contribution is 6.35. The Morgan fingerprint density at radius 2 is 1.70 bits per heavy atom. The van der Waals surface area contributed by atoms with Crippen LogP contribution in [0.25, 0.3) is 0 Å². The Hall–Kier alpha value is -1.85. The van der Waals surface area contributed by atoms with Crippen LogP contribution in [0, 0.1) is 11.6 Å². The van der Waals surface area contributed by atoms with Gasteiger partial charge in [0.1, 0.15) is 11.6 Å². The number of amides is 1. The predicted molar refractivity (Wildman–Crippen MR) is 72.4 cm³/mol. The van der Waals surface area contributed by atoms with Crippen LogP contribution < -0.4 is 5.32 Å². The molecule has 0 unspecified atom stereocenters. The molecule has 1 amide bonds. The lowest BCUT2D eigenvalue weighted by Crippen LogP contribution is -2.12. The summed E-state index contributed by atoms with van der Waals surface area (Å²) in [6, 6.07) is 5.23. The summed E-state index contributed by atoms with van der Waals surface area (Å²) in [5.41, 5.74) is -0.142. The summed E-state index contributed by atoms with van der Waals surface area (Å²) in [6.45, 7) is 0. The first-order valence-corrected chi connectivity index (χ1v) is 6.08. The summed E-state index contributed by atoms with van der Waals surface area (Å²) < 4.78 is 26.3. The fourth-order valence-electron chi connectivity index (χ4n) is 1.52. The van der Waals surface area contributed by atoms with Gasteiger partial charge in [-0.1, -0.05) is 23.2 Å². The second kappa shape index (κ2) is 5.64. The van der Waals surface area contributed by atoms with E-state index in [0.29, 0.717) is 0 Å². The molecule has 7 heteroatoms. The van der Waals surface area contributed by atoms with Gasteiger partial charge in [0, 0.05) is 5.69 Å². The fraction of sp³-hybridized carbons (Fsp3) is 0. The van der Waals surface area contributed by atoms with Crippen molar-refractivity contribution in [1.82, 2.24) is 0 Å². The summed E-state index contributed by atoms with van der Waals surface area (Å²) in [5.74, 6) is -2.65. The normalized spacial score (nSPS) is 10.4. The molecule has 0 heterocycles. The number of rotatable bonds is 2. The van der Waals surface area contributed by atoms with Crippen molar-refractivity contribution in [2.24, 2.45) is 0 Å². The summed E-state index contributed by atoms with van der Waals surface area (Å²) >= 11 is 11.2. The van der Waals surface area contributed by atoms with E-state index >= 15 is 0 Å². The first kappa shape index (κ1) is 14.6. The molecule has 2 N–H and O–H groups in total. The van der Waals surface area contributed by atoms with Crippen LogP contribution in [0.4, 0.5) is 14.5 Å². The van der Waals surface area contributed by atoms with Crippen molar-refractivity contribution in [3.63, 3.8) is 0 Å². The average Bonchev–Trinajstić information content (AvgIpc) is 2.38. The van der Waals surface area contributed by atoms with Crippen LogP contribution in [-0.2, 0) is 0 Å². The first-order chi connectivity index (χ1) is 9.38. The zero-order valence-electron chi connectivity index (χ0n) is 9.75. The number of carbonyl (C=O) groups excluding carboxylic acids is 1. The Morgan fingerprint density at radius 3 is 2.30 bits per heavy atom. The van der Waals surface area contributed by atoms with Crippen molar-refractivity contribution in [1.29, 1.82) is 0 Å². The zero-order valence-corrected chi connectivity index (χ0v) is 11.3. The maximum absolute atomic E-state index is 13.2. The molecule has 0 saturated carbocycles. The minimum absolute atomic E-state index is 0.120. The number of carbonyl (C=O) groups is 1. The second-order valence-corrected chi connectivity index (χ2v) is 4.68. The quantitative estimate of drug-likeness (QED) is 0.814. The van der Waals surface area contributed by atoms with Crippen LogP contribution in [0.3, 0.4) is 0 Å². The van der Waals surface area contributed by atoms with Gasteiger partial charge in [0.05, 0.1) is 15.6 Å². The number of benzene rings is 2. The van der Waals surface area contributed by atoms with Crippen LogP contribution >= 0.6 is 23.2 Å². The number of hydrogen-bond donors (Lipinski definition) is 2. The number of anilines is 1. The molecule has 0 aromatic heterocycles. The molecule has 0 bridgehead atoms. The molecule has 0 radical (unpaired) electrons. The van der Waals surface area contributed by atoms with Gasteiger partial charge >= 0.3 is 0 Å². The molecule has 20 heavy (non-hydrogen) atoms. The van der Waals surface area contributed by atoms with E-state index in [4.69, 9.17) is 23.2 Å². The van der Waals surface area contributed by atoms with Crippen molar-refractivity contribution in [2.45, 2.75) is 0 Å². The Labute approximate surface area is 122 Å². The standard InChI is InChI=1S/C13H7Cl2F2NO2/c14-9-4-7(5-10(15)12(9)17)18-13(20)8-3-6(16)1-2-11(8)19/h1-5,19H,(H,18,20). The third-order valence-corrected chi connectivity index (χ3v) is 2.99. The summed E-state index contributed by atoms with van der Waals surface area (Å²) in [4.78, 5) is 11.9. The number of phenols is 1. The number of nitrogens with one attached hydrogen (secondary N) is 1. The highest BCUT2D eigenvalue weighted by Crippen LogP contribution is 2.28. The van der Waals surface area contributed by atoms with Gasteiger partial charge in [-0.2, -0.15) is 0 Å². The van der Waals surface area contributed by atoms with E-state index in [1.807, 2.05) is 0 Å². The molecule has 0 saturated heterocycles. The van der Waals surface area contributed by atoms with Crippen molar-refractivity contribution in [3.8, 4) is 5.75 Å². The number of halogens is 4. The van der Waals surface area contributed by atoms with E-state index in [9.17, 15) is 18.7 Å². The van der Waals surface area contributed by atoms with Crippen LogP contribution in [-0.4, -0.2) is 11.0 Å². The molecule has 0 aliphatic rings. The molecular weight excluding hydrogens is 311 g/mol. The number of phenolic OH excluding ortho intramolecular Hbond substituents is 1. The molecule has 3 nitrogen and oxygen atoms in total. The molecule has 0 aliphatic carbocycles. The van der Waals surface area contributed by atoms with Gasteiger partial charge in [0.2, 0.25) is 0 Å². The molecule has 0 fully saturated rings. The maximum atomic E-state index is 13.2. The topological polar surface area (TPSA) is 49.3 Å². The van der Waals surface area contributed by atoms with Gasteiger partial charge < -0.3 is 10.4 Å². The van der Waals surface area contributed by atoms with E-state index in [1.54, 1.807) is 0 Å². The minimum atomic E-state index is -0.806. The van der Waals surface area contributed by atoms with E-state index in [-0.39, 0.29) is 27.0 Å². The van der Waals surface area contributed by atoms with E-state index < -0.39 is 17.5 Å². The molecule has 0 spiro atoms. The SMILES string of the molecule is O=C(Nc1cc(Cl)c(F)c(Cl)c1)c1cc(F)ccc1O. The van der Waals surface area contributed by atoms with E-state index in [2.05, 4.69) is 5.32 Å². The fourth-order valence-corrected chi connectivity index (χ4v) is 2.00. The van der Waals surface area contributed by atoms with Gasteiger partial charge in [-0.25, -0.2) is 8.78 Å². The lowest BCUT2D eigenvalue weighted by Gasteiger charge is -2.08.